The van der Waals surface area contributed by atoms with E-state index in [1.54, 1.807) is 0 Å². The SMILES string of the molecule is O.O.O=C([O-])CC(O)(CC(=O)[O-])C(=O)O.[H-].[Na+].[Na+].[Na+]. The van der Waals surface area contributed by atoms with Crippen LogP contribution in [0.3, 0.4) is 0 Å². The molecule has 12 heteroatoms. The fourth-order valence-corrected chi connectivity index (χ4v) is 0.691. The zero-order chi connectivity index (χ0) is 10.6. The first-order chi connectivity index (χ1) is 5.78. The van der Waals surface area contributed by atoms with Crippen LogP contribution in [0.4, 0.5) is 0 Å². The zero-order valence-corrected chi connectivity index (χ0v) is 16.3. The predicted octanol–water partition coefficient (Wildman–Crippen LogP) is -14.4. The molecule has 92 valence electrons. The van der Waals surface area contributed by atoms with Gasteiger partial charge in [0.05, 0.1) is 0 Å². The Labute approximate surface area is 170 Å². The van der Waals surface area contributed by atoms with Gasteiger partial charge in [-0.2, -0.15) is 0 Å². The van der Waals surface area contributed by atoms with E-state index < -0.39 is 36.4 Å². The van der Waals surface area contributed by atoms with Gasteiger partial charge >= 0.3 is 94.6 Å². The van der Waals surface area contributed by atoms with Crippen molar-refractivity contribution in [3.05, 3.63) is 0 Å². The van der Waals surface area contributed by atoms with Crippen LogP contribution in [0.1, 0.15) is 14.3 Å². The summed E-state index contributed by atoms with van der Waals surface area (Å²) >= 11 is 0. The number of aliphatic hydroxyl groups is 1. The van der Waals surface area contributed by atoms with Crippen molar-refractivity contribution < 1.29 is 136 Å². The molecule has 0 bridgehead atoms. The van der Waals surface area contributed by atoms with E-state index in [2.05, 4.69) is 0 Å². The van der Waals surface area contributed by atoms with Gasteiger partial charge in [0, 0.05) is 24.8 Å². The number of carboxylic acids is 3. The Balaban J connectivity index is -0.0000000480. The predicted molar refractivity (Wildman–Crippen MR) is 40.2 cm³/mol. The standard InChI is InChI=1S/C6H8O7.3Na.2H2O.H/c7-3(8)1-6(13,5(11)12)2-4(9)10;;;;;;/h13H,1-2H2,(H,7,8)(H,9,10)(H,11,12);;;;2*1H2;/q;3*+1;;;-1/p-2. The third kappa shape index (κ3) is 15.3. The summed E-state index contributed by atoms with van der Waals surface area (Å²) in [6.07, 6.45) is -2.59. The molecule has 0 aromatic carbocycles. The molecule has 0 rings (SSSR count). The van der Waals surface area contributed by atoms with Crippen LogP contribution in [0, 0.1) is 0 Å². The summed E-state index contributed by atoms with van der Waals surface area (Å²) in [5, 5.41) is 37.2. The number of rotatable bonds is 5. The van der Waals surface area contributed by atoms with Crippen LogP contribution in [0.5, 0.6) is 0 Å². The Kier molecular flexibility index (Phi) is 33.2. The summed E-state index contributed by atoms with van der Waals surface area (Å²) in [4.78, 5) is 30.2. The Morgan fingerprint density at radius 2 is 1.17 bits per heavy atom. The molecule has 0 aromatic rings. The van der Waals surface area contributed by atoms with Crippen molar-refractivity contribution in [2.75, 3.05) is 0 Å². The Bertz CT molecular complexity index is 246. The molecular formula is C6H11Na3O9. The van der Waals surface area contributed by atoms with E-state index >= 15 is 0 Å². The van der Waals surface area contributed by atoms with Crippen molar-refractivity contribution in [3.8, 4) is 0 Å². The van der Waals surface area contributed by atoms with Crippen molar-refractivity contribution in [3.63, 3.8) is 0 Å². The van der Waals surface area contributed by atoms with Crippen molar-refractivity contribution in [2.45, 2.75) is 18.4 Å². The third-order valence-electron chi connectivity index (χ3n) is 1.27. The van der Waals surface area contributed by atoms with E-state index in [1.165, 1.54) is 0 Å². The molecule has 0 heterocycles. The summed E-state index contributed by atoms with van der Waals surface area (Å²) in [6, 6.07) is 0. The molecule has 0 unspecified atom stereocenters. The summed E-state index contributed by atoms with van der Waals surface area (Å²) in [6.45, 7) is 0. The molecule has 0 aliphatic heterocycles. The first kappa shape index (κ1) is 36.5. The minimum atomic E-state index is -2.86. The third-order valence-corrected chi connectivity index (χ3v) is 1.27. The van der Waals surface area contributed by atoms with Gasteiger partial charge in [0.1, 0.15) is 0 Å². The molecular weight excluding hydrogens is 285 g/mol. The van der Waals surface area contributed by atoms with E-state index in [9.17, 15) is 24.6 Å². The normalized spacial score (nSPS) is 7.83. The van der Waals surface area contributed by atoms with Gasteiger partial charge in [-0.15, -0.1) is 0 Å². The second-order valence-electron chi connectivity index (χ2n) is 2.43. The average molecular weight is 296 g/mol. The number of aliphatic carboxylic acids is 3. The van der Waals surface area contributed by atoms with E-state index in [-0.39, 0.29) is 101 Å². The molecule has 18 heavy (non-hydrogen) atoms. The maximum absolute atomic E-state index is 10.3. The van der Waals surface area contributed by atoms with E-state index in [0.29, 0.717) is 0 Å². The minimum Gasteiger partial charge on any atom is -1.00 e. The fraction of sp³-hybridized carbons (Fsp3) is 0.500. The van der Waals surface area contributed by atoms with E-state index in [4.69, 9.17) is 10.2 Å². The molecule has 9 nitrogen and oxygen atoms in total. The van der Waals surface area contributed by atoms with Gasteiger partial charge in [-0.05, 0) is 0 Å². The topological polar surface area (TPSA) is 201 Å². The van der Waals surface area contributed by atoms with Gasteiger partial charge in [0.2, 0.25) is 0 Å². The Hall–Kier alpha value is 1.29. The van der Waals surface area contributed by atoms with Gasteiger partial charge in [-0.1, -0.05) is 0 Å². The molecule has 0 saturated heterocycles. The largest absolute Gasteiger partial charge is 1.00 e. The smallest absolute Gasteiger partial charge is 1.00 e. The maximum atomic E-state index is 10.3. The Morgan fingerprint density at radius 3 is 1.28 bits per heavy atom. The van der Waals surface area contributed by atoms with Crippen molar-refractivity contribution in [1.82, 2.24) is 0 Å². The van der Waals surface area contributed by atoms with Gasteiger partial charge in [0.15, 0.2) is 5.60 Å². The molecule has 0 atom stereocenters. The van der Waals surface area contributed by atoms with Crippen molar-refractivity contribution in [1.29, 1.82) is 0 Å². The monoisotopic (exact) mass is 296 g/mol. The maximum Gasteiger partial charge on any atom is 1.00 e. The minimum absolute atomic E-state index is 0. The van der Waals surface area contributed by atoms with Crippen molar-refractivity contribution in [2.24, 2.45) is 0 Å². The average Bonchev–Trinajstić information content (AvgIpc) is 1.82. The molecule has 6 N–H and O–H groups in total. The molecule has 0 aromatic heterocycles. The Morgan fingerprint density at radius 1 is 0.944 bits per heavy atom. The number of hydrogen-bond donors (Lipinski definition) is 2. The quantitative estimate of drug-likeness (QED) is 0.468. The molecule has 0 radical (unpaired) electrons. The summed E-state index contributed by atoms with van der Waals surface area (Å²) in [7, 11) is 0. The fourth-order valence-electron chi connectivity index (χ4n) is 0.691. The number of hydrogen-bond acceptors (Lipinski definition) is 6. The van der Waals surface area contributed by atoms with Crippen LogP contribution < -0.4 is 98.9 Å². The summed E-state index contributed by atoms with van der Waals surface area (Å²) < 4.78 is 0. The molecule has 0 aliphatic rings. The number of carbonyl (C=O) groups is 3. The number of carbonyl (C=O) groups excluding carboxylic acids is 2. The zero-order valence-electron chi connectivity index (χ0n) is 11.3. The van der Waals surface area contributed by atoms with Crippen LogP contribution >= 0.6 is 0 Å². The van der Waals surface area contributed by atoms with E-state index in [1.807, 2.05) is 0 Å². The summed E-state index contributed by atoms with van der Waals surface area (Å²) in [5.74, 6) is -5.65. The van der Waals surface area contributed by atoms with Crippen LogP contribution in [-0.4, -0.2) is 44.7 Å². The molecule has 0 fully saturated rings. The second-order valence-corrected chi connectivity index (χ2v) is 2.43. The molecule has 0 aliphatic carbocycles. The van der Waals surface area contributed by atoms with Crippen LogP contribution in [0.25, 0.3) is 0 Å². The molecule has 0 amide bonds. The first-order valence-corrected chi connectivity index (χ1v) is 3.13. The van der Waals surface area contributed by atoms with Crippen LogP contribution in [0.2, 0.25) is 0 Å². The van der Waals surface area contributed by atoms with Crippen molar-refractivity contribution >= 4 is 17.9 Å². The second kappa shape index (κ2) is 16.3. The molecule has 0 spiro atoms. The summed E-state index contributed by atoms with van der Waals surface area (Å²) in [5.41, 5.74) is -2.86. The van der Waals surface area contributed by atoms with Gasteiger partial charge in [0.25, 0.3) is 0 Å². The van der Waals surface area contributed by atoms with E-state index in [0.717, 1.165) is 0 Å². The first-order valence-electron chi connectivity index (χ1n) is 3.13. The van der Waals surface area contributed by atoms with Gasteiger partial charge in [-0.3, -0.25) is 0 Å². The van der Waals surface area contributed by atoms with Gasteiger partial charge < -0.3 is 42.4 Å². The van der Waals surface area contributed by atoms with Crippen LogP contribution in [0.15, 0.2) is 0 Å². The number of carboxylic acid groups (broad SMARTS) is 3. The van der Waals surface area contributed by atoms with Crippen LogP contribution in [-0.2, 0) is 14.4 Å². The van der Waals surface area contributed by atoms with Gasteiger partial charge in [-0.25, -0.2) is 4.79 Å². The molecule has 0 saturated carbocycles.